The van der Waals surface area contributed by atoms with E-state index in [1.807, 2.05) is 6.92 Å². The van der Waals surface area contributed by atoms with Crippen LogP contribution in [-0.4, -0.2) is 63.9 Å². The number of hydrogen-bond acceptors (Lipinski definition) is 4. The van der Waals surface area contributed by atoms with Crippen LogP contribution in [-0.2, 0) is 9.59 Å². The number of carboxylic acids is 2. The molecule has 0 aromatic rings. The second-order valence-corrected chi connectivity index (χ2v) is 3.65. The molecule has 0 bridgehead atoms. The summed E-state index contributed by atoms with van der Waals surface area (Å²) in [4.78, 5) is 34.1. The zero-order valence-corrected chi connectivity index (χ0v) is 10.1. The number of nitrogens with zero attached hydrogens (tertiary/aromatic N) is 1. The highest BCUT2D eigenvalue weighted by Crippen LogP contribution is 1.98. The number of nitrogens with one attached hydrogen (secondary N) is 1. The normalized spacial score (nSPS) is 11.7. The maximum atomic E-state index is 11.7. The largest absolute Gasteiger partial charge is 0.481 e. The lowest BCUT2D eigenvalue weighted by Crippen LogP contribution is -2.49. The topological polar surface area (TPSA) is 127 Å². The van der Waals surface area contributed by atoms with Gasteiger partial charge in [0, 0.05) is 13.1 Å². The van der Waals surface area contributed by atoms with Gasteiger partial charge < -0.3 is 25.5 Å². The van der Waals surface area contributed by atoms with E-state index in [9.17, 15) is 14.4 Å². The number of carbonyl (C=O) groups excluding carboxylic acids is 1. The molecule has 8 nitrogen and oxygen atoms in total. The number of carboxylic acid groups (broad SMARTS) is 2. The Kier molecular flexibility index (Phi) is 7.45. The van der Waals surface area contributed by atoms with E-state index >= 15 is 0 Å². The summed E-state index contributed by atoms with van der Waals surface area (Å²) >= 11 is 0. The fraction of sp³-hybridized carbons (Fsp3) is 0.700. The van der Waals surface area contributed by atoms with Crippen molar-refractivity contribution in [2.75, 3.05) is 19.7 Å². The number of aliphatic hydroxyl groups excluding tert-OH is 1. The van der Waals surface area contributed by atoms with Crippen molar-refractivity contribution in [2.45, 2.75) is 25.8 Å². The number of carbonyl (C=O) groups is 3. The lowest BCUT2D eigenvalue weighted by atomic mass is 10.2. The Balaban J connectivity index is 4.54. The molecular weight excluding hydrogens is 244 g/mol. The molecule has 0 radical (unpaired) electrons. The van der Waals surface area contributed by atoms with Crippen LogP contribution in [0.25, 0.3) is 0 Å². The van der Waals surface area contributed by atoms with Crippen LogP contribution in [0.3, 0.4) is 0 Å². The van der Waals surface area contributed by atoms with Crippen LogP contribution in [0.4, 0.5) is 4.79 Å². The molecule has 2 amide bonds. The smallest absolute Gasteiger partial charge is 0.326 e. The van der Waals surface area contributed by atoms with Crippen molar-refractivity contribution in [3.8, 4) is 0 Å². The standard InChI is InChI=1S/C10H18N2O6/c1-2-3-12(4-5-13)10(18)11-7(9(16)17)6-8(14)15/h7,13H,2-6H2,1H3,(H,11,18)(H,14,15)(H,16,17)/t7-/m0/s1. The molecule has 18 heavy (non-hydrogen) atoms. The lowest BCUT2D eigenvalue weighted by Gasteiger charge is -2.23. The first kappa shape index (κ1) is 16.2. The first-order valence-electron chi connectivity index (χ1n) is 5.53. The number of aliphatic carboxylic acids is 2. The molecule has 0 aliphatic carbocycles. The van der Waals surface area contributed by atoms with Crippen LogP contribution in [0, 0.1) is 0 Å². The van der Waals surface area contributed by atoms with E-state index < -0.39 is 30.4 Å². The fourth-order valence-corrected chi connectivity index (χ4v) is 1.32. The Bertz CT molecular complexity index is 301. The monoisotopic (exact) mass is 262 g/mol. The Morgan fingerprint density at radius 3 is 2.22 bits per heavy atom. The average Bonchev–Trinajstić information content (AvgIpc) is 2.27. The van der Waals surface area contributed by atoms with E-state index in [0.29, 0.717) is 13.0 Å². The van der Waals surface area contributed by atoms with Crippen LogP contribution < -0.4 is 5.32 Å². The molecule has 0 saturated heterocycles. The number of hydrogen-bond donors (Lipinski definition) is 4. The van der Waals surface area contributed by atoms with Crippen LogP contribution >= 0.6 is 0 Å². The van der Waals surface area contributed by atoms with Gasteiger partial charge in [0.25, 0.3) is 0 Å². The quantitative estimate of drug-likeness (QED) is 0.459. The van der Waals surface area contributed by atoms with Crippen molar-refractivity contribution in [2.24, 2.45) is 0 Å². The van der Waals surface area contributed by atoms with E-state index in [4.69, 9.17) is 15.3 Å². The minimum atomic E-state index is -1.48. The predicted octanol–water partition coefficient (Wildman–Crippen LogP) is -0.672. The molecule has 104 valence electrons. The number of urea groups is 1. The third-order valence-corrected chi connectivity index (χ3v) is 2.13. The van der Waals surface area contributed by atoms with E-state index in [0.717, 1.165) is 0 Å². The maximum absolute atomic E-state index is 11.7. The average molecular weight is 262 g/mol. The van der Waals surface area contributed by atoms with Crippen LogP contribution in [0.15, 0.2) is 0 Å². The van der Waals surface area contributed by atoms with Crippen molar-refractivity contribution >= 4 is 18.0 Å². The fourth-order valence-electron chi connectivity index (χ4n) is 1.32. The van der Waals surface area contributed by atoms with Crippen molar-refractivity contribution in [1.82, 2.24) is 10.2 Å². The molecule has 0 spiro atoms. The maximum Gasteiger partial charge on any atom is 0.326 e. The van der Waals surface area contributed by atoms with Crippen molar-refractivity contribution in [1.29, 1.82) is 0 Å². The molecule has 0 aromatic carbocycles. The third-order valence-electron chi connectivity index (χ3n) is 2.13. The Morgan fingerprint density at radius 1 is 1.22 bits per heavy atom. The zero-order chi connectivity index (χ0) is 14.1. The van der Waals surface area contributed by atoms with Crippen LogP contribution in [0.2, 0.25) is 0 Å². The molecule has 0 aromatic heterocycles. The van der Waals surface area contributed by atoms with Crippen LogP contribution in [0.1, 0.15) is 19.8 Å². The second-order valence-electron chi connectivity index (χ2n) is 3.65. The van der Waals surface area contributed by atoms with Crippen molar-refractivity contribution < 1.29 is 29.7 Å². The van der Waals surface area contributed by atoms with Gasteiger partial charge in [0.1, 0.15) is 6.04 Å². The summed E-state index contributed by atoms with van der Waals surface area (Å²) in [6.07, 6.45) is -0.0513. The van der Waals surface area contributed by atoms with Crippen molar-refractivity contribution in [3.05, 3.63) is 0 Å². The predicted molar refractivity (Wildman–Crippen MR) is 61.2 cm³/mol. The summed E-state index contributed by atoms with van der Waals surface area (Å²) in [5, 5.41) is 28.2. The van der Waals surface area contributed by atoms with E-state index in [-0.39, 0.29) is 13.2 Å². The highest BCUT2D eigenvalue weighted by Gasteiger charge is 2.25. The molecule has 0 rings (SSSR count). The Labute approximate surface area is 104 Å². The first-order chi connectivity index (χ1) is 8.42. The molecule has 0 heterocycles. The summed E-state index contributed by atoms with van der Waals surface area (Å²) in [7, 11) is 0. The summed E-state index contributed by atoms with van der Waals surface area (Å²) in [6.45, 7) is 2.00. The third kappa shape index (κ3) is 6.04. The first-order valence-corrected chi connectivity index (χ1v) is 5.53. The lowest BCUT2D eigenvalue weighted by molar-refractivity contribution is -0.145. The van der Waals surface area contributed by atoms with Gasteiger partial charge in [-0.1, -0.05) is 6.92 Å². The highest BCUT2D eigenvalue weighted by molar-refractivity contribution is 5.86. The molecule has 0 aliphatic heterocycles. The van der Waals surface area contributed by atoms with Crippen LogP contribution in [0.5, 0.6) is 0 Å². The van der Waals surface area contributed by atoms with Gasteiger partial charge in [0.05, 0.1) is 13.0 Å². The van der Waals surface area contributed by atoms with Crippen molar-refractivity contribution in [3.63, 3.8) is 0 Å². The van der Waals surface area contributed by atoms with Gasteiger partial charge in [-0.2, -0.15) is 0 Å². The summed E-state index contributed by atoms with van der Waals surface area (Å²) in [5.41, 5.74) is 0. The number of aliphatic hydroxyl groups is 1. The SMILES string of the molecule is CCCN(CCO)C(=O)N[C@@H](CC(=O)O)C(=O)O. The molecule has 0 aliphatic rings. The van der Waals surface area contributed by atoms with E-state index in [1.165, 1.54) is 4.90 Å². The number of amides is 2. The summed E-state index contributed by atoms with van der Waals surface area (Å²) in [6, 6.07) is -2.17. The molecule has 8 heteroatoms. The van der Waals surface area contributed by atoms with Gasteiger partial charge in [-0.15, -0.1) is 0 Å². The molecule has 1 atom stereocenters. The molecular formula is C10H18N2O6. The molecule has 0 saturated carbocycles. The molecule has 4 N–H and O–H groups in total. The van der Waals surface area contributed by atoms with Gasteiger partial charge in [0.15, 0.2) is 0 Å². The zero-order valence-electron chi connectivity index (χ0n) is 10.1. The molecule has 0 fully saturated rings. The minimum absolute atomic E-state index is 0.0685. The van der Waals surface area contributed by atoms with Gasteiger partial charge in [-0.25, -0.2) is 9.59 Å². The Morgan fingerprint density at radius 2 is 1.83 bits per heavy atom. The van der Waals surface area contributed by atoms with E-state index in [1.54, 1.807) is 0 Å². The summed E-state index contributed by atoms with van der Waals surface area (Å²) in [5.74, 6) is -2.72. The van der Waals surface area contributed by atoms with Gasteiger partial charge in [-0.3, -0.25) is 4.79 Å². The minimum Gasteiger partial charge on any atom is -0.481 e. The molecule has 0 unspecified atom stereocenters. The second kappa shape index (κ2) is 8.29. The van der Waals surface area contributed by atoms with Gasteiger partial charge in [-0.05, 0) is 6.42 Å². The van der Waals surface area contributed by atoms with Gasteiger partial charge >= 0.3 is 18.0 Å². The summed E-state index contributed by atoms with van der Waals surface area (Å²) < 4.78 is 0. The Hall–Kier alpha value is -1.83. The highest BCUT2D eigenvalue weighted by atomic mass is 16.4. The van der Waals surface area contributed by atoms with E-state index in [2.05, 4.69) is 5.32 Å². The number of rotatable bonds is 8. The van der Waals surface area contributed by atoms with Gasteiger partial charge in [0.2, 0.25) is 0 Å².